The van der Waals surface area contributed by atoms with Gasteiger partial charge < -0.3 is 4.55 Å². The summed E-state index contributed by atoms with van der Waals surface area (Å²) in [5, 5.41) is 8.24. The van der Waals surface area contributed by atoms with Gasteiger partial charge in [0.25, 0.3) is 0 Å². The van der Waals surface area contributed by atoms with Crippen LogP contribution in [0, 0.1) is 0 Å². The molecular formula is C16H21N2O3S4-. The number of thioether (sulfide) groups is 2. The molecule has 138 valence electrons. The van der Waals surface area contributed by atoms with Gasteiger partial charge in [0.05, 0.1) is 10.1 Å². The molecule has 5 nitrogen and oxygen atoms in total. The fraction of sp³-hybridized carbons (Fsp3) is 0.500. The molecule has 0 spiro atoms. The standard InChI is InChI=1S/C16H22N2O3S4/c1-3-12(2)14-7-5-13(6-8-14)11-23-16-18-17-15(24-16)22-9-4-10-25(19,20)21/h5-8,12H,3-4,9-11H2,1-2H3,(H,19,20,21)/p-1. The van der Waals surface area contributed by atoms with E-state index in [1.807, 2.05) is 0 Å². The molecule has 0 N–H and O–H groups in total. The number of hydrogen-bond acceptors (Lipinski definition) is 8. The van der Waals surface area contributed by atoms with E-state index < -0.39 is 10.1 Å². The van der Waals surface area contributed by atoms with Gasteiger partial charge in [-0.1, -0.05) is 73.0 Å². The largest absolute Gasteiger partial charge is 0.748 e. The van der Waals surface area contributed by atoms with Crippen molar-refractivity contribution < 1.29 is 13.0 Å². The quantitative estimate of drug-likeness (QED) is 0.322. The highest BCUT2D eigenvalue weighted by molar-refractivity contribution is 8.02. The summed E-state index contributed by atoms with van der Waals surface area (Å²) >= 11 is 4.58. The second-order valence-electron chi connectivity index (χ2n) is 5.64. The van der Waals surface area contributed by atoms with Gasteiger partial charge in [-0.3, -0.25) is 0 Å². The van der Waals surface area contributed by atoms with Crippen molar-refractivity contribution in [3.63, 3.8) is 0 Å². The van der Waals surface area contributed by atoms with Crippen LogP contribution in [0.1, 0.15) is 43.7 Å². The Morgan fingerprint density at radius 1 is 1.16 bits per heavy atom. The molecule has 0 saturated heterocycles. The van der Waals surface area contributed by atoms with E-state index >= 15 is 0 Å². The average molecular weight is 418 g/mol. The minimum absolute atomic E-state index is 0.326. The van der Waals surface area contributed by atoms with E-state index in [0.29, 0.717) is 18.1 Å². The zero-order chi connectivity index (χ0) is 18.3. The van der Waals surface area contributed by atoms with Crippen LogP contribution in [0.4, 0.5) is 0 Å². The lowest BCUT2D eigenvalue weighted by molar-refractivity contribution is 0.462. The molecule has 1 aromatic heterocycles. The predicted molar refractivity (Wildman–Crippen MR) is 105 cm³/mol. The molecule has 1 heterocycles. The van der Waals surface area contributed by atoms with Crippen molar-refractivity contribution in [2.24, 2.45) is 0 Å². The van der Waals surface area contributed by atoms with Crippen molar-refractivity contribution in [1.29, 1.82) is 0 Å². The van der Waals surface area contributed by atoms with Gasteiger partial charge in [-0.15, -0.1) is 10.2 Å². The maximum atomic E-state index is 10.5. The molecule has 0 radical (unpaired) electrons. The van der Waals surface area contributed by atoms with Gasteiger partial charge in [-0.05, 0) is 29.9 Å². The van der Waals surface area contributed by atoms with Crippen LogP contribution < -0.4 is 0 Å². The lowest BCUT2D eigenvalue weighted by Gasteiger charge is -2.09. The monoisotopic (exact) mass is 417 g/mol. The van der Waals surface area contributed by atoms with Crippen molar-refractivity contribution in [3.05, 3.63) is 35.4 Å². The lowest BCUT2D eigenvalue weighted by atomic mass is 9.98. The van der Waals surface area contributed by atoms with Crippen LogP contribution in [0.5, 0.6) is 0 Å². The first-order chi connectivity index (χ1) is 11.9. The molecule has 0 bridgehead atoms. The Hall–Kier alpha value is -0.610. The van der Waals surface area contributed by atoms with Crippen molar-refractivity contribution >= 4 is 45.0 Å². The van der Waals surface area contributed by atoms with Crippen molar-refractivity contribution in [1.82, 2.24) is 10.2 Å². The molecule has 0 aliphatic carbocycles. The van der Waals surface area contributed by atoms with Crippen LogP contribution in [0.2, 0.25) is 0 Å². The van der Waals surface area contributed by atoms with E-state index in [0.717, 1.165) is 20.9 Å². The summed E-state index contributed by atoms with van der Waals surface area (Å²) < 4.78 is 33.3. The second-order valence-corrected chi connectivity index (χ2v) is 10.7. The molecule has 2 aromatic rings. The topological polar surface area (TPSA) is 83.0 Å². The molecule has 0 aliphatic rings. The molecule has 1 aromatic carbocycles. The fourth-order valence-electron chi connectivity index (χ4n) is 2.03. The van der Waals surface area contributed by atoms with Crippen molar-refractivity contribution in [3.8, 4) is 0 Å². The number of rotatable bonds is 10. The maximum Gasteiger partial charge on any atom is 0.175 e. The summed E-state index contributed by atoms with van der Waals surface area (Å²) in [6.45, 7) is 4.43. The van der Waals surface area contributed by atoms with Crippen molar-refractivity contribution in [2.45, 2.75) is 47.0 Å². The zero-order valence-electron chi connectivity index (χ0n) is 14.2. The lowest BCUT2D eigenvalue weighted by Crippen LogP contribution is -2.04. The molecule has 25 heavy (non-hydrogen) atoms. The van der Waals surface area contributed by atoms with Crippen LogP contribution in [-0.2, 0) is 15.9 Å². The van der Waals surface area contributed by atoms with Crippen LogP contribution in [0.15, 0.2) is 32.9 Å². The van der Waals surface area contributed by atoms with E-state index in [1.165, 1.54) is 34.2 Å². The SMILES string of the molecule is CCC(C)c1ccc(CSc2nnc(SCCCS(=O)(=O)[O-])s2)cc1. The Kier molecular flexibility index (Phi) is 8.21. The van der Waals surface area contributed by atoms with Gasteiger partial charge in [0.15, 0.2) is 8.68 Å². The highest BCUT2D eigenvalue weighted by Crippen LogP contribution is 2.31. The van der Waals surface area contributed by atoms with E-state index in [-0.39, 0.29) is 5.75 Å². The first kappa shape index (κ1) is 20.7. The summed E-state index contributed by atoms with van der Waals surface area (Å²) in [4.78, 5) is 0. The Morgan fingerprint density at radius 3 is 2.40 bits per heavy atom. The highest BCUT2D eigenvalue weighted by atomic mass is 32.2. The van der Waals surface area contributed by atoms with Gasteiger partial charge in [0.1, 0.15) is 0 Å². The Bertz CT molecular complexity index is 760. The summed E-state index contributed by atoms with van der Waals surface area (Å²) in [5.74, 6) is 1.65. The summed E-state index contributed by atoms with van der Waals surface area (Å²) in [5.41, 5.74) is 2.62. The van der Waals surface area contributed by atoms with E-state index in [9.17, 15) is 13.0 Å². The molecule has 2 rings (SSSR count). The van der Waals surface area contributed by atoms with E-state index in [2.05, 4.69) is 48.3 Å². The van der Waals surface area contributed by atoms with Crippen LogP contribution in [-0.4, -0.2) is 34.7 Å². The third kappa shape index (κ3) is 7.65. The molecule has 0 aliphatic heterocycles. The number of hydrogen-bond donors (Lipinski definition) is 0. The van der Waals surface area contributed by atoms with Gasteiger partial charge in [-0.25, -0.2) is 8.42 Å². The summed E-state index contributed by atoms with van der Waals surface area (Å²) in [6, 6.07) is 8.70. The molecular weight excluding hydrogens is 396 g/mol. The predicted octanol–water partition coefficient (Wildman–Crippen LogP) is 4.37. The third-order valence-corrected chi connectivity index (χ3v) is 7.81. The number of nitrogens with zero attached hydrogens (tertiary/aromatic N) is 2. The van der Waals surface area contributed by atoms with E-state index in [1.54, 1.807) is 11.8 Å². The molecule has 0 saturated carbocycles. The van der Waals surface area contributed by atoms with Gasteiger partial charge in [0.2, 0.25) is 0 Å². The minimum Gasteiger partial charge on any atom is -0.748 e. The third-order valence-electron chi connectivity index (χ3n) is 3.68. The maximum absolute atomic E-state index is 10.5. The normalized spacial score (nSPS) is 13.1. The average Bonchev–Trinajstić information content (AvgIpc) is 3.04. The summed E-state index contributed by atoms with van der Waals surface area (Å²) in [6.07, 6.45) is 1.47. The molecule has 1 atom stereocenters. The minimum atomic E-state index is -4.12. The number of benzene rings is 1. The highest BCUT2D eigenvalue weighted by Gasteiger charge is 2.07. The summed E-state index contributed by atoms with van der Waals surface area (Å²) in [7, 11) is -4.12. The number of aromatic nitrogens is 2. The Labute approximate surface area is 161 Å². The van der Waals surface area contributed by atoms with Gasteiger partial charge in [0, 0.05) is 17.3 Å². The first-order valence-electron chi connectivity index (χ1n) is 7.99. The molecule has 0 amide bonds. The van der Waals surface area contributed by atoms with Crippen LogP contribution in [0.25, 0.3) is 0 Å². The molecule has 9 heteroatoms. The van der Waals surface area contributed by atoms with Crippen molar-refractivity contribution in [2.75, 3.05) is 11.5 Å². The Balaban J connectivity index is 1.77. The van der Waals surface area contributed by atoms with Gasteiger partial charge in [-0.2, -0.15) is 0 Å². The molecule has 0 fully saturated rings. The Morgan fingerprint density at radius 2 is 1.80 bits per heavy atom. The zero-order valence-corrected chi connectivity index (χ0v) is 17.4. The fourth-order valence-corrected chi connectivity index (χ4v) is 5.70. The van der Waals surface area contributed by atoms with Crippen LogP contribution >= 0.6 is 34.9 Å². The van der Waals surface area contributed by atoms with Crippen LogP contribution in [0.3, 0.4) is 0 Å². The first-order valence-corrected chi connectivity index (χ1v) is 12.4. The smallest absolute Gasteiger partial charge is 0.175 e. The molecule has 1 unspecified atom stereocenters. The van der Waals surface area contributed by atoms with E-state index in [4.69, 9.17) is 0 Å². The van der Waals surface area contributed by atoms with Gasteiger partial charge >= 0.3 is 0 Å². The second kappa shape index (κ2) is 9.91.